The van der Waals surface area contributed by atoms with Crippen molar-refractivity contribution in [3.63, 3.8) is 0 Å². The van der Waals surface area contributed by atoms with E-state index < -0.39 is 5.97 Å². The number of hydrogen-bond donors (Lipinski definition) is 2. The summed E-state index contributed by atoms with van der Waals surface area (Å²) in [6.45, 7) is 3.74. The van der Waals surface area contributed by atoms with Gasteiger partial charge in [0.05, 0.1) is 0 Å². The molecule has 2 N–H and O–H groups in total. The number of nitrogens with one attached hydrogen (secondary N) is 2. The largest absolute Gasteiger partial charge is 0.427 e. The predicted octanol–water partition coefficient (Wildman–Crippen LogP) is 1.46. The molecule has 0 aliphatic carbocycles. The fourth-order valence-electron chi connectivity index (χ4n) is 2.93. The van der Waals surface area contributed by atoms with E-state index in [9.17, 15) is 14.4 Å². The van der Waals surface area contributed by atoms with Crippen LogP contribution in [0.2, 0.25) is 0 Å². The third-order valence-corrected chi connectivity index (χ3v) is 4.41. The minimum absolute atomic E-state index is 0.0511. The molecule has 0 saturated carbocycles. The van der Waals surface area contributed by atoms with Crippen molar-refractivity contribution in [2.45, 2.75) is 13.0 Å². The molecule has 1 fully saturated rings. The van der Waals surface area contributed by atoms with Crippen molar-refractivity contribution < 1.29 is 19.1 Å². The molecule has 0 bridgehead atoms. The summed E-state index contributed by atoms with van der Waals surface area (Å²) in [4.78, 5) is 37.0. The Morgan fingerprint density at radius 2 is 1.64 bits per heavy atom. The fraction of sp³-hybridized carbons (Fsp3) is 0.286. The van der Waals surface area contributed by atoms with Crippen LogP contribution in [0.4, 0.5) is 0 Å². The number of carbonyl (C=O) groups excluding carboxylic acids is 3. The molecule has 0 unspecified atom stereocenters. The summed E-state index contributed by atoms with van der Waals surface area (Å²) in [5.74, 6) is -0.115. The molecule has 7 nitrogen and oxygen atoms in total. The molecule has 3 rings (SSSR count). The van der Waals surface area contributed by atoms with Crippen LogP contribution in [0.1, 0.15) is 27.6 Å². The van der Waals surface area contributed by atoms with Crippen LogP contribution in [0.25, 0.3) is 0 Å². The van der Waals surface area contributed by atoms with Gasteiger partial charge in [-0.1, -0.05) is 18.2 Å². The minimum atomic E-state index is -0.393. The SMILES string of the molecule is CC(=O)Oc1ccc(C(=O)N2CC(NCCNC(=O)c3ccccc3)C2)cc1. The summed E-state index contributed by atoms with van der Waals surface area (Å²) in [7, 11) is 0. The van der Waals surface area contributed by atoms with Crippen LogP contribution < -0.4 is 15.4 Å². The monoisotopic (exact) mass is 381 g/mol. The number of hydrogen-bond acceptors (Lipinski definition) is 5. The average Bonchev–Trinajstić information content (AvgIpc) is 2.66. The average molecular weight is 381 g/mol. The topological polar surface area (TPSA) is 87.7 Å². The Bertz CT molecular complexity index is 830. The van der Waals surface area contributed by atoms with Crippen LogP contribution in [0.5, 0.6) is 5.75 Å². The second-order valence-electron chi connectivity index (χ2n) is 6.60. The van der Waals surface area contributed by atoms with Gasteiger partial charge in [0.25, 0.3) is 11.8 Å². The zero-order chi connectivity index (χ0) is 19.9. The molecule has 0 radical (unpaired) electrons. The number of nitrogens with zero attached hydrogens (tertiary/aromatic N) is 1. The standard InChI is InChI=1S/C21H23N3O4/c1-15(25)28-19-9-7-17(8-10-19)21(27)24-13-18(14-24)22-11-12-23-20(26)16-5-3-2-4-6-16/h2-10,18,22H,11-14H2,1H3,(H,23,26). The molecule has 1 saturated heterocycles. The first-order valence-corrected chi connectivity index (χ1v) is 9.17. The molecule has 28 heavy (non-hydrogen) atoms. The van der Waals surface area contributed by atoms with Crippen LogP contribution in [0, 0.1) is 0 Å². The van der Waals surface area contributed by atoms with Gasteiger partial charge in [-0.25, -0.2) is 0 Å². The highest BCUT2D eigenvalue weighted by Gasteiger charge is 2.30. The van der Waals surface area contributed by atoms with Gasteiger partial charge in [-0.2, -0.15) is 0 Å². The van der Waals surface area contributed by atoms with Gasteiger partial charge in [0, 0.05) is 50.3 Å². The zero-order valence-electron chi connectivity index (χ0n) is 15.7. The molecule has 1 aliphatic rings. The van der Waals surface area contributed by atoms with E-state index in [-0.39, 0.29) is 17.9 Å². The smallest absolute Gasteiger partial charge is 0.308 e. The van der Waals surface area contributed by atoms with Crippen molar-refractivity contribution in [1.29, 1.82) is 0 Å². The van der Waals surface area contributed by atoms with Crippen molar-refractivity contribution in [1.82, 2.24) is 15.5 Å². The number of likely N-dealkylation sites (tertiary alicyclic amines) is 1. The molecule has 2 aromatic rings. The van der Waals surface area contributed by atoms with Gasteiger partial charge < -0.3 is 20.3 Å². The van der Waals surface area contributed by atoms with Crippen LogP contribution in [0.3, 0.4) is 0 Å². The van der Waals surface area contributed by atoms with Gasteiger partial charge in [-0.3, -0.25) is 14.4 Å². The third kappa shape index (κ3) is 5.17. The Kier molecular flexibility index (Phi) is 6.39. The van der Waals surface area contributed by atoms with E-state index >= 15 is 0 Å². The molecule has 0 atom stereocenters. The Balaban J connectivity index is 1.34. The number of rotatable bonds is 7. The Morgan fingerprint density at radius 1 is 0.964 bits per heavy atom. The first-order valence-electron chi connectivity index (χ1n) is 9.17. The molecular weight excluding hydrogens is 358 g/mol. The summed E-state index contributed by atoms with van der Waals surface area (Å²) in [5, 5.41) is 6.19. The van der Waals surface area contributed by atoms with E-state index in [1.54, 1.807) is 41.3 Å². The maximum atomic E-state index is 12.4. The Hall–Kier alpha value is -3.19. The number of amides is 2. The molecule has 1 aliphatic heterocycles. The van der Waals surface area contributed by atoms with Crippen molar-refractivity contribution >= 4 is 17.8 Å². The van der Waals surface area contributed by atoms with Crippen LogP contribution in [-0.4, -0.2) is 54.9 Å². The van der Waals surface area contributed by atoms with Gasteiger partial charge in [-0.15, -0.1) is 0 Å². The molecule has 146 valence electrons. The zero-order valence-corrected chi connectivity index (χ0v) is 15.7. The lowest BCUT2D eigenvalue weighted by Gasteiger charge is -2.39. The van der Waals surface area contributed by atoms with Gasteiger partial charge >= 0.3 is 5.97 Å². The summed E-state index contributed by atoms with van der Waals surface area (Å²) < 4.78 is 4.96. The van der Waals surface area contributed by atoms with E-state index in [0.717, 1.165) is 0 Å². The molecule has 0 aromatic heterocycles. The van der Waals surface area contributed by atoms with Crippen molar-refractivity contribution in [3.05, 3.63) is 65.7 Å². The third-order valence-electron chi connectivity index (χ3n) is 4.41. The lowest BCUT2D eigenvalue weighted by Crippen LogP contribution is -2.60. The molecule has 2 aromatic carbocycles. The van der Waals surface area contributed by atoms with Crippen LogP contribution >= 0.6 is 0 Å². The highest BCUT2D eigenvalue weighted by atomic mass is 16.5. The van der Waals surface area contributed by atoms with Crippen molar-refractivity contribution in [3.8, 4) is 5.75 Å². The normalized spacial score (nSPS) is 13.5. The van der Waals surface area contributed by atoms with Gasteiger partial charge in [0.2, 0.25) is 0 Å². The first kappa shape index (κ1) is 19.6. The van der Waals surface area contributed by atoms with Crippen LogP contribution in [-0.2, 0) is 4.79 Å². The lowest BCUT2D eigenvalue weighted by molar-refractivity contribution is -0.131. The minimum Gasteiger partial charge on any atom is -0.427 e. The van der Waals surface area contributed by atoms with Crippen LogP contribution in [0.15, 0.2) is 54.6 Å². The first-order chi connectivity index (χ1) is 13.5. The maximum Gasteiger partial charge on any atom is 0.308 e. The van der Waals surface area contributed by atoms with E-state index in [4.69, 9.17) is 4.74 Å². The highest BCUT2D eigenvalue weighted by Crippen LogP contribution is 2.17. The Morgan fingerprint density at radius 3 is 2.29 bits per heavy atom. The lowest BCUT2D eigenvalue weighted by atomic mass is 10.1. The van der Waals surface area contributed by atoms with E-state index in [2.05, 4.69) is 10.6 Å². The van der Waals surface area contributed by atoms with Gasteiger partial charge in [-0.05, 0) is 36.4 Å². The molecule has 1 heterocycles. The van der Waals surface area contributed by atoms with E-state index in [0.29, 0.717) is 43.1 Å². The maximum absolute atomic E-state index is 12.4. The quantitative estimate of drug-likeness (QED) is 0.431. The van der Waals surface area contributed by atoms with E-state index in [1.807, 2.05) is 18.2 Å². The second kappa shape index (κ2) is 9.14. The summed E-state index contributed by atoms with van der Waals surface area (Å²) >= 11 is 0. The number of carbonyl (C=O) groups is 3. The van der Waals surface area contributed by atoms with E-state index in [1.165, 1.54) is 6.92 Å². The molecular formula is C21H23N3O4. The molecule has 2 amide bonds. The fourth-order valence-corrected chi connectivity index (χ4v) is 2.93. The highest BCUT2D eigenvalue weighted by molar-refractivity contribution is 5.95. The summed E-state index contributed by atoms with van der Waals surface area (Å²) in [6.07, 6.45) is 0. The summed E-state index contributed by atoms with van der Waals surface area (Å²) in [5.41, 5.74) is 1.20. The van der Waals surface area contributed by atoms with Gasteiger partial charge in [0.1, 0.15) is 5.75 Å². The van der Waals surface area contributed by atoms with Crippen molar-refractivity contribution in [2.75, 3.05) is 26.2 Å². The molecule has 0 spiro atoms. The number of esters is 1. The molecule has 7 heteroatoms. The summed E-state index contributed by atoms with van der Waals surface area (Å²) in [6, 6.07) is 15.8. The van der Waals surface area contributed by atoms with Crippen molar-refractivity contribution in [2.24, 2.45) is 0 Å². The Labute approximate surface area is 163 Å². The van der Waals surface area contributed by atoms with Gasteiger partial charge in [0.15, 0.2) is 0 Å². The number of ether oxygens (including phenoxy) is 1. The second-order valence-corrected chi connectivity index (χ2v) is 6.60. The predicted molar refractivity (Wildman–Crippen MR) is 104 cm³/mol. The number of benzene rings is 2.